The first-order valence-corrected chi connectivity index (χ1v) is 8.00. The molecule has 1 aromatic carbocycles. The van der Waals surface area contributed by atoms with Crippen molar-refractivity contribution in [2.75, 3.05) is 0 Å². The fourth-order valence-corrected chi connectivity index (χ4v) is 5.13. The number of benzene rings is 1. The fraction of sp³-hybridized carbons (Fsp3) is 0.556. The first kappa shape index (κ1) is 13.9. The number of phenolic OH excluding ortho intramolecular Hbond substituents is 1. The van der Waals surface area contributed by atoms with E-state index in [1.807, 2.05) is 13.0 Å². The minimum Gasteiger partial charge on any atom is -0.508 e. The zero-order chi connectivity index (χ0) is 15.6. The van der Waals surface area contributed by atoms with Crippen LogP contribution in [0.3, 0.4) is 0 Å². The van der Waals surface area contributed by atoms with Crippen molar-refractivity contribution in [1.29, 1.82) is 0 Å². The van der Waals surface area contributed by atoms with E-state index in [4.69, 9.17) is 0 Å². The molecule has 3 aliphatic carbocycles. The highest BCUT2D eigenvalue weighted by molar-refractivity contribution is 6.09. The van der Waals surface area contributed by atoms with E-state index in [9.17, 15) is 19.8 Å². The highest BCUT2D eigenvalue weighted by Gasteiger charge is 2.59. The van der Waals surface area contributed by atoms with E-state index in [-0.39, 0.29) is 35.1 Å². The summed E-state index contributed by atoms with van der Waals surface area (Å²) < 4.78 is 0. The summed E-state index contributed by atoms with van der Waals surface area (Å²) in [5.74, 6) is 0.544. The summed E-state index contributed by atoms with van der Waals surface area (Å²) in [4.78, 5) is 25.0. The number of Topliss-reactive ketones (excluding diaryl/α,β-unsaturated/α-hetero) is 2. The third-order valence-corrected chi connectivity index (χ3v) is 6.35. The third kappa shape index (κ3) is 1.62. The van der Waals surface area contributed by atoms with E-state index >= 15 is 0 Å². The molecule has 0 saturated heterocycles. The molecular weight excluding hydrogens is 280 g/mol. The quantitative estimate of drug-likeness (QED) is 0.722. The van der Waals surface area contributed by atoms with Crippen LogP contribution in [0, 0.1) is 17.3 Å². The summed E-state index contributed by atoms with van der Waals surface area (Å²) in [5.41, 5.74) is 0.869. The van der Waals surface area contributed by atoms with Crippen molar-refractivity contribution in [3.05, 3.63) is 29.3 Å². The van der Waals surface area contributed by atoms with Gasteiger partial charge in [0.25, 0.3) is 0 Å². The van der Waals surface area contributed by atoms with Gasteiger partial charge in [0.05, 0.1) is 11.5 Å². The minimum absolute atomic E-state index is 0.0443. The zero-order valence-electron chi connectivity index (χ0n) is 12.6. The van der Waals surface area contributed by atoms with Gasteiger partial charge in [-0.2, -0.15) is 0 Å². The van der Waals surface area contributed by atoms with Crippen molar-refractivity contribution in [1.82, 2.24) is 0 Å². The van der Waals surface area contributed by atoms with Crippen LogP contribution in [-0.2, 0) is 9.59 Å². The maximum absolute atomic E-state index is 12.7. The van der Waals surface area contributed by atoms with Gasteiger partial charge in [0, 0.05) is 12.8 Å². The number of carbonyl (C=O) groups is 2. The average molecular weight is 300 g/mol. The van der Waals surface area contributed by atoms with Gasteiger partial charge < -0.3 is 10.2 Å². The number of hydrogen-bond acceptors (Lipinski definition) is 4. The standard InChI is InChI=1S/C18H20O4/c1-18-14(4-5-16(18)21)12-7-15(20)13-6-9(19)2-3-10(13)11(12)8-17(18)22/h2-3,6,11-12,14-15,19-20H,4-5,7-8H2,1H3/t11-,12-,14+,15?,18+/m1/s1. The summed E-state index contributed by atoms with van der Waals surface area (Å²) in [5, 5.41) is 20.1. The normalized spacial score (nSPS) is 40.1. The predicted molar refractivity (Wildman–Crippen MR) is 79.4 cm³/mol. The van der Waals surface area contributed by atoms with Crippen molar-refractivity contribution >= 4 is 11.6 Å². The molecule has 4 heteroatoms. The fourth-order valence-electron chi connectivity index (χ4n) is 5.13. The molecule has 4 rings (SSSR count). The Balaban J connectivity index is 1.82. The monoisotopic (exact) mass is 300 g/mol. The molecule has 3 aliphatic rings. The molecule has 0 heterocycles. The van der Waals surface area contributed by atoms with Crippen LogP contribution in [0.1, 0.15) is 55.8 Å². The highest BCUT2D eigenvalue weighted by Crippen LogP contribution is 2.59. The molecule has 0 bridgehead atoms. The molecule has 2 N–H and O–H groups in total. The van der Waals surface area contributed by atoms with Gasteiger partial charge in [0.1, 0.15) is 17.3 Å². The molecule has 1 aromatic rings. The number of aliphatic hydroxyl groups is 1. The van der Waals surface area contributed by atoms with Crippen molar-refractivity contribution in [3.63, 3.8) is 0 Å². The highest BCUT2D eigenvalue weighted by atomic mass is 16.3. The van der Waals surface area contributed by atoms with Crippen LogP contribution in [0.25, 0.3) is 0 Å². The number of hydrogen-bond donors (Lipinski definition) is 2. The number of phenols is 1. The Hall–Kier alpha value is -1.68. The van der Waals surface area contributed by atoms with Crippen LogP contribution in [0.2, 0.25) is 0 Å². The number of carbonyl (C=O) groups excluding carboxylic acids is 2. The number of ketones is 2. The summed E-state index contributed by atoms with van der Waals surface area (Å²) in [6.07, 6.45) is 1.55. The Labute approximate surface area is 129 Å². The largest absolute Gasteiger partial charge is 0.508 e. The molecule has 116 valence electrons. The minimum atomic E-state index is -0.838. The molecule has 0 aromatic heterocycles. The molecule has 2 saturated carbocycles. The molecule has 0 aliphatic heterocycles. The topological polar surface area (TPSA) is 74.6 Å². The molecule has 4 nitrogen and oxygen atoms in total. The van der Waals surface area contributed by atoms with Gasteiger partial charge in [-0.3, -0.25) is 9.59 Å². The van der Waals surface area contributed by atoms with Gasteiger partial charge >= 0.3 is 0 Å². The van der Waals surface area contributed by atoms with Crippen molar-refractivity contribution in [2.45, 2.75) is 44.6 Å². The molecule has 0 radical (unpaired) electrons. The Kier molecular flexibility index (Phi) is 2.80. The lowest BCUT2D eigenvalue weighted by atomic mass is 9.54. The van der Waals surface area contributed by atoms with Crippen LogP contribution in [-0.4, -0.2) is 21.8 Å². The lowest BCUT2D eigenvalue weighted by Crippen LogP contribution is -2.49. The third-order valence-electron chi connectivity index (χ3n) is 6.35. The lowest BCUT2D eigenvalue weighted by molar-refractivity contribution is -0.145. The second kappa shape index (κ2) is 4.42. The van der Waals surface area contributed by atoms with Crippen molar-refractivity contribution < 1.29 is 19.8 Å². The molecule has 0 amide bonds. The van der Waals surface area contributed by atoms with Crippen LogP contribution < -0.4 is 0 Å². The summed E-state index contributed by atoms with van der Waals surface area (Å²) in [6, 6.07) is 5.05. The Morgan fingerprint density at radius 1 is 1.18 bits per heavy atom. The summed E-state index contributed by atoms with van der Waals surface area (Å²) in [6.45, 7) is 1.81. The second-order valence-electron chi connectivity index (χ2n) is 7.23. The molecule has 22 heavy (non-hydrogen) atoms. The molecule has 1 unspecified atom stereocenters. The smallest absolute Gasteiger partial charge is 0.147 e. The van der Waals surface area contributed by atoms with Gasteiger partial charge in [0.2, 0.25) is 0 Å². The van der Waals surface area contributed by atoms with E-state index in [1.54, 1.807) is 12.1 Å². The number of rotatable bonds is 0. The van der Waals surface area contributed by atoms with Crippen LogP contribution in [0.5, 0.6) is 5.75 Å². The molecular formula is C18H20O4. The van der Waals surface area contributed by atoms with Gasteiger partial charge in [-0.15, -0.1) is 0 Å². The van der Waals surface area contributed by atoms with Gasteiger partial charge in [-0.05, 0) is 60.8 Å². The SMILES string of the molecule is C[C@@]12C(=O)CC[C@H]1[C@@H]1CC(O)c3cc(O)ccc3[C@H]1CC2=O. The zero-order valence-corrected chi connectivity index (χ0v) is 12.6. The van der Waals surface area contributed by atoms with Crippen LogP contribution >= 0.6 is 0 Å². The summed E-state index contributed by atoms with van der Waals surface area (Å²) in [7, 11) is 0. The number of fused-ring (bicyclic) bond motifs is 5. The van der Waals surface area contributed by atoms with Crippen LogP contribution in [0.4, 0.5) is 0 Å². The van der Waals surface area contributed by atoms with Crippen molar-refractivity contribution in [3.8, 4) is 5.75 Å². The van der Waals surface area contributed by atoms with Gasteiger partial charge in [-0.1, -0.05) is 6.07 Å². The second-order valence-corrected chi connectivity index (χ2v) is 7.23. The lowest BCUT2D eigenvalue weighted by Gasteiger charge is -2.48. The summed E-state index contributed by atoms with van der Waals surface area (Å²) >= 11 is 0. The maximum Gasteiger partial charge on any atom is 0.147 e. The van der Waals surface area contributed by atoms with E-state index in [2.05, 4.69) is 0 Å². The number of aliphatic hydroxyl groups excluding tert-OH is 1. The maximum atomic E-state index is 12.7. The van der Waals surface area contributed by atoms with Crippen LogP contribution in [0.15, 0.2) is 18.2 Å². The van der Waals surface area contributed by atoms with E-state index in [0.717, 1.165) is 17.5 Å². The first-order chi connectivity index (χ1) is 10.4. The Bertz CT molecular complexity index is 680. The molecule has 0 spiro atoms. The van der Waals surface area contributed by atoms with E-state index in [1.165, 1.54) is 0 Å². The number of aromatic hydroxyl groups is 1. The van der Waals surface area contributed by atoms with E-state index in [0.29, 0.717) is 19.3 Å². The van der Waals surface area contributed by atoms with E-state index < -0.39 is 11.5 Å². The average Bonchev–Trinajstić information content (AvgIpc) is 2.79. The first-order valence-electron chi connectivity index (χ1n) is 8.00. The Morgan fingerprint density at radius 3 is 2.73 bits per heavy atom. The Morgan fingerprint density at radius 2 is 1.95 bits per heavy atom. The molecule has 5 atom stereocenters. The van der Waals surface area contributed by atoms with Gasteiger partial charge in [0.15, 0.2) is 0 Å². The van der Waals surface area contributed by atoms with Gasteiger partial charge in [-0.25, -0.2) is 0 Å². The van der Waals surface area contributed by atoms with Crippen molar-refractivity contribution in [2.24, 2.45) is 17.3 Å². The molecule has 2 fully saturated rings. The predicted octanol–water partition coefficient (Wildman–Crippen LogP) is 2.49.